The molecule has 0 fully saturated rings. The Morgan fingerprint density at radius 2 is 1.92 bits per heavy atom. The van der Waals surface area contributed by atoms with Crippen molar-refractivity contribution in [2.24, 2.45) is 5.14 Å². The highest BCUT2D eigenvalue weighted by atomic mass is 32.2. The lowest BCUT2D eigenvalue weighted by Crippen LogP contribution is -2.14. The van der Waals surface area contributed by atoms with Crippen LogP contribution < -0.4 is 15.2 Å². The molecule has 2 aromatic carbocycles. The highest BCUT2D eigenvalue weighted by molar-refractivity contribution is 7.88. The zero-order chi connectivity index (χ0) is 17.2. The van der Waals surface area contributed by atoms with Crippen LogP contribution in [0.2, 0.25) is 0 Å². The molecule has 0 atom stereocenters. The number of benzene rings is 2. The fraction of sp³-hybridized carbons (Fsp3) is 0.125. The van der Waals surface area contributed by atoms with Gasteiger partial charge in [0.2, 0.25) is 16.0 Å². The highest BCUT2D eigenvalue weighted by Crippen LogP contribution is 2.24. The summed E-state index contributed by atoms with van der Waals surface area (Å²) in [7, 11) is -1.95. The number of fused-ring (bicyclic) bond motifs is 1. The Morgan fingerprint density at radius 1 is 1.17 bits per heavy atom. The van der Waals surface area contributed by atoms with Crippen LogP contribution in [-0.4, -0.2) is 25.5 Å². The van der Waals surface area contributed by atoms with Crippen LogP contribution in [0.4, 0.5) is 11.6 Å². The molecule has 3 aromatic rings. The largest absolute Gasteiger partial charge is 0.494 e. The van der Waals surface area contributed by atoms with Crippen molar-refractivity contribution in [2.75, 3.05) is 12.4 Å². The minimum Gasteiger partial charge on any atom is -0.494 e. The minimum absolute atomic E-state index is 0.197. The molecule has 0 amide bonds. The number of primary sulfonamides is 1. The molecule has 0 saturated carbocycles. The Kier molecular flexibility index (Phi) is 4.32. The zero-order valence-electron chi connectivity index (χ0n) is 12.9. The van der Waals surface area contributed by atoms with E-state index in [-0.39, 0.29) is 5.75 Å². The number of ether oxygens (including phenoxy) is 1. The third-order valence-electron chi connectivity index (χ3n) is 3.37. The maximum atomic E-state index is 11.1. The molecule has 0 radical (unpaired) electrons. The SMILES string of the molecule is COc1cccc2cnc(Nc3ccc(CS(N)(=O)=O)cc3)nc12. The summed E-state index contributed by atoms with van der Waals surface area (Å²) >= 11 is 0. The van der Waals surface area contributed by atoms with E-state index in [4.69, 9.17) is 9.88 Å². The fourth-order valence-corrected chi connectivity index (χ4v) is 2.96. The summed E-state index contributed by atoms with van der Waals surface area (Å²) < 4.78 is 27.5. The molecule has 24 heavy (non-hydrogen) atoms. The van der Waals surface area contributed by atoms with Crippen LogP contribution in [0.25, 0.3) is 10.9 Å². The summed E-state index contributed by atoms with van der Waals surface area (Å²) in [6.45, 7) is 0. The van der Waals surface area contributed by atoms with Crippen LogP contribution in [0.5, 0.6) is 5.75 Å². The first-order valence-electron chi connectivity index (χ1n) is 7.11. The molecule has 0 bridgehead atoms. The lowest BCUT2D eigenvalue weighted by atomic mass is 10.2. The van der Waals surface area contributed by atoms with Gasteiger partial charge in [-0.25, -0.2) is 23.5 Å². The van der Waals surface area contributed by atoms with Crippen molar-refractivity contribution >= 4 is 32.6 Å². The van der Waals surface area contributed by atoms with Crippen molar-refractivity contribution in [3.05, 3.63) is 54.2 Å². The number of nitrogens with one attached hydrogen (secondary N) is 1. The van der Waals surface area contributed by atoms with E-state index in [0.717, 1.165) is 11.1 Å². The first-order chi connectivity index (χ1) is 11.4. The minimum atomic E-state index is -3.54. The van der Waals surface area contributed by atoms with E-state index >= 15 is 0 Å². The Labute approximate surface area is 139 Å². The molecule has 7 nitrogen and oxygen atoms in total. The molecule has 1 aromatic heterocycles. The Hall–Kier alpha value is -2.71. The van der Waals surface area contributed by atoms with E-state index < -0.39 is 10.0 Å². The third-order valence-corrected chi connectivity index (χ3v) is 4.11. The number of nitrogens with zero attached hydrogens (tertiary/aromatic N) is 2. The van der Waals surface area contributed by atoms with E-state index in [0.29, 0.717) is 22.8 Å². The Bertz CT molecular complexity index is 972. The summed E-state index contributed by atoms with van der Waals surface area (Å²) in [5, 5.41) is 8.99. The van der Waals surface area contributed by atoms with Gasteiger partial charge in [-0.2, -0.15) is 0 Å². The average Bonchev–Trinajstić information content (AvgIpc) is 2.55. The van der Waals surface area contributed by atoms with Crippen molar-refractivity contribution < 1.29 is 13.2 Å². The van der Waals surface area contributed by atoms with Gasteiger partial charge in [0.25, 0.3) is 0 Å². The number of para-hydroxylation sites is 1. The van der Waals surface area contributed by atoms with Crippen LogP contribution in [0.1, 0.15) is 5.56 Å². The molecule has 3 N–H and O–H groups in total. The molecule has 124 valence electrons. The van der Waals surface area contributed by atoms with Gasteiger partial charge in [0, 0.05) is 17.3 Å². The predicted octanol–water partition coefficient (Wildman–Crippen LogP) is 2.17. The second-order valence-corrected chi connectivity index (χ2v) is 6.84. The van der Waals surface area contributed by atoms with Crippen molar-refractivity contribution in [3.8, 4) is 5.75 Å². The summed E-state index contributed by atoms with van der Waals surface area (Å²) in [6, 6.07) is 12.5. The summed E-state index contributed by atoms with van der Waals surface area (Å²) in [4.78, 5) is 8.73. The number of aromatic nitrogens is 2. The second kappa shape index (κ2) is 6.42. The van der Waals surface area contributed by atoms with Gasteiger partial charge in [-0.15, -0.1) is 0 Å². The van der Waals surface area contributed by atoms with Crippen molar-refractivity contribution in [2.45, 2.75) is 5.75 Å². The molecule has 0 spiro atoms. The molecule has 0 unspecified atom stereocenters. The highest BCUT2D eigenvalue weighted by Gasteiger charge is 2.07. The smallest absolute Gasteiger partial charge is 0.227 e. The summed E-state index contributed by atoms with van der Waals surface area (Å²) in [5.74, 6) is 0.893. The Balaban J connectivity index is 1.84. The molecular formula is C16H16N4O3S. The van der Waals surface area contributed by atoms with Gasteiger partial charge in [0.05, 0.1) is 12.9 Å². The number of hydrogen-bond donors (Lipinski definition) is 2. The normalized spacial score (nSPS) is 11.4. The van der Waals surface area contributed by atoms with Crippen LogP contribution in [0, 0.1) is 0 Å². The number of methoxy groups -OCH3 is 1. The average molecular weight is 344 g/mol. The van der Waals surface area contributed by atoms with Crippen molar-refractivity contribution in [1.29, 1.82) is 0 Å². The van der Waals surface area contributed by atoms with Gasteiger partial charge in [0.1, 0.15) is 11.3 Å². The molecule has 8 heteroatoms. The number of anilines is 2. The van der Waals surface area contributed by atoms with Gasteiger partial charge in [-0.05, 0) is 23.8 Å². The lowest BCUT2D eigenvalue weighted by molar-refractivity contribution is 0.419. The maximum absolute atomic E-state index is 11.1. The lowest BCUT2D eigenvalue weighted by Gasteiger charge is -2.08. The van der Waals surface area contributed by atoms with Crippen LogP contribution >= 0.6 is 0 Å². The van der Waals surface area contributed by atoms with Gasteiger partial charge < -0.3 is 10.1 Å². The molecule has 0 aliphatic rings. The van der Waals surface area contributed by atoms with Crippen molar-refractivity contribution in [3.63, 3.8) is 0 Å². The van der Waals surface area contributed by atoms with Crippen LogP contribution in [-0.2, 0) is 15.8 Å². The van der Waals surface area contributed by atoms with E-state index in [1.807, 2.05) is 18.2 Å². The monoisotopic (exact) mass is 344 g/mol. The molecular weight excluding hydrogens is 328 g/mol. The van der Waals surface area contributed by atoms with Crippen molar-refractivity contribution in [1.82, 2.24) is 9.97 Å². The number of hydrogen-bond acceptors (Lipinski definition) is 6. The van der Waals surface area contributed by atoms with E-state index in [1.54, 1.807) is 37.6 Å². The number of sulfonamides is 1. The third kappa shape index (κ3) is 3.79. The van der Waals surface area contributed by atoms with E-state index in [2.05, 4.69) is 15.3 Å². The zero-order valence-corrected chi connectivity index (χ0v) is 13.7. The molecule has 1 heterocycles. The quantitative estimate of drug-likeness (QED) is 0.734. The van der Waals surface area contributed by atoms with Gasteiger partial charge in [0.15, 0.2) is 0 Å². The summed E-state index contributed by atoms with van der Waals surface area (Å²) in [6.07, 6.45) is 1.71. The molecule has 0 aliphatic carbocycles. The summed E-state index contributed by atoms with van der Waals surface area (Å²) in [5.41, 5.74) is 2.06. The fourth-order valence-electron chi connectivity index (χ4n) is 2.30. The van der Waals surface area contributed by atoms with Gasteiger partial charge in [-0.1, -0.05) is 24.3 Å². The maximum Gasteiger partial charge on any atom is 0.227 e. The molecule has 3 rings (SSSR count). The van der Waals surface area contributed by atoms with Crippen LogP contribution in [0.15, 0.2) is 48.7 Å². The number of nitrogens with two attached hydrogens (primary N) is 1. The molecule has 0 saturated heterocycles. The van der Waals surface area contributed by atoms with E-state index in [1.165, 1.54) is 0 Å². The van der Waals surface area contributed by atoms with Gasteiger partial charge >= 0.3 is 0 Å². The Morgan fingerprint density at radius 3 is 2.58 bits per heavy atom. The van der Waals surface area contributed by atoms with Gasteiger partial charge in [-0.3, -0.25) is 0 Å². The number of rotatable bonds is 5. The second-order valence-electron chi connectivity index (χ2n) is 5.22. The topological polar surface area (TPSA) is 107 Å². The standard InChI is InChI=1S/C16H16N4O3S/c1-23-14-4-2-3-12-9-18-16(20-15(12)14)19-13-7-5-11(6-8-13)10-24(17,21)22/h2-9H,10H2,1H3,(H2,17,21,22)(H,18,19,20). The van der Waals surface area contributed by atoms with E-state index in [9.17, 15) is 8.42 Å². The first-order valence-corrected chi connectivity index (χ1v) is 8.82. The predicted molar refractivity (Wildman–Crippen MR) is 92.6 cm³/mol. The molecule has 0 aliphatic heterocycles. The first kappa shape index (κ1) is 16.2. The van der Waals surface area contributed by atoms with Crippen LogP contribution in [0.3, 0.4) is 0 Å².